The molecule has 0 amide bonds. The van der Waals surface area contributed by atoms with Crippen LogP contribution < -0.4 is 10.6 Å². The van der Waals surface area contributed by atoms with Gasteiger partial charge in [0.2, 0.25) is 0 Å². The SMILES string of the molecule is CCCNc1cc(Nc2ccc(C(C)(C)C)cc2)ccn1. The summed E-state index contributed by atoms with van der Waals surface area (Å²) >= 11 is 0. The van der Waals surface area contributed by atoms with E-state index in [4.69, 9.17) is 0 Å². The van der Waals surface area contributed by atoms with E-state index in [-0.39, 0.29) is 5.41 Å². The highest BCUT2D eigenvalue weighted by molar-refractivity contribution is 5.62. The fourth-order valence-corrected chi connectivity index (χ4v) is 2.08. The van der Waals surface area contributed by atoms with Crippen molar-refractivity contribution in [2.45, 2.75) is 39.5 Å². The Morgan fingerprint density at radius 3 is 2.33 bits per heavy atom. The molecule has 1 aromatic carbocycles. The molecule has 3 nitrogen and oxygen atoms in total. The van der Waals surface area contributed by atoms with Crippen LogP contribution in [-0.4, -0.2) is 11.5 Å². The third-order valence-electron chi connectivity index (χ3n) is 3.36. The summed E-state index contributed by atoms with van der Waals surface area (Å²) in [6.07, 6.45) is 2.91. The van der Waals surface area contributed by atoms with Gasteiger partial charge in [0, 0.05) is 30.2 Å². The Balaban J connectivity index is 2.07. The molecule has 0 saturated carbocycles. The first kappa shape index (κ1) is 15.4. The molecule has 1 heterocycles. The molecule has 3 heteroatoms. The highest BCUT2D eigenvalue weighted by Crippen LogP contribution is 2.25. The first-order valence-corrected chi connectivity index (χ1v) is 7.56. The van der Waals surface area contributed by atoms with Crippen LogP contribution >= 0.6 is 0 Å². The maximum Gasteiger partial charge on any atom is 0.127 e. The quantitative estimate of drug-likeness (QED) is 0.815. The van der Waals surface area contributed by atoms with E-state index in [1.165, 1.54) is 5.56 Å². The van der Waals surface area contributed by atoms with E-state index in [1.54, 1.807) is 0 Å². The summed E-state index contributed by atoms with van der Waals surface area (Å²) in [6, 6.07) is 12.6. The van der Waals surface area contributed by atoms with Gasteiger partial charge in [0.05, 0.1) is 0 Å². The second kappa shape index (κ2) is 6.61. The van der Waals surface area contributed by atoms with Crippen LogP contribution in [0, 0.1) is 0 Å². The molecule has 21 heavy (non-hydrogen) atoms. The van der Waals surface area contributed by atoms with Gasteiger partial charge in [-0.25, -0.2) is 4.98 Å². The number of nitrogens with one attached hydrogen (secondary N) is 2. The van der Waals surface area contributed by atoms with Gasteiger partial charge in [0.25, 0.3) is 0 Å². The molecule has 0 fully saturated rings. The average Bonchev–Trinajstić information content (AvgIpc) is 2.45. The lowest BCUT2D eigenvalue weighted by atomic mass is 9.87. The highest BCUT2D eigenvalue weighted by atomic mass is 15.0. The minimum Gasteiger partial charge on any atom is -0.370 e. The van der Waals surface area contributed by atoms with E-state index in [0.29, 0.717) is 0 Å². The molecule has 1 aromatic heterocycles. The molecule has 0 spiro atoms. The van der Waals surface area contributed by atoms with Crippen molar-refractivity contribution in [3.63, 3.8) is 0 Å². The van der Waals surface area contributed by atoms with E-state index in [0.717, 1.165) is 30.2 Å². The lowest BCUT2D eigenvalue weighted by Crippen LogP contribution is -2.10. The third-order valence-corrected chi connectivity index (χ3v) is 3.36. The number of aromatic nitrogens is 1. The molecule has 0 aliphatic heterocycles. The topological polar surface area (TPSA) is 37.0 Å². The fourth-order valence-electron chi connectivity index (χ4n) is 2.08. The van der Waals surface area contributed by atoms with Gasteiger partial charge in [-0.15, -0.1) is 0 Å². The molecule has 0 atom stereocenters. The normalized spacial score (nSPS) is 11.2. The van der Waals surface area contributed by atoms with E-state index in [2.05, 4.69) is 67.6 Å². The van der Waals surface area contributed by atoms with Crippen LogP contribution in [0.4, 0.5) is 17.2 Å². The van der Waals surface area contributed by atoms with Gasteiger partial charge < -0.3 is 10.6 Å². The van der Waals surface area contributed by atoms with Crippen molar-refractivity contribution in [2.24, 2.45) is 0 Å². The zero-order chi connectivity index (χ0) is 15.3. The summed E-state index contributed by atoms with van der Waals surface area (Å²) in [7, 11) is 0. The Kier molecular flexibility index (Phi) is 4.84. The van der Waals surface area contributed by atoms with Crippen molar-refractivity contribution in [2.75, 3.05) is 17.2 Å². The van der Waals surface area contributed by atoms with Crippen LogP contribution in [0.1, 0.15) is 39.7 Å². The minimum atomic E-state index is 0.187. The average molecular weight is 283 g/mol. The number of hydrogen-bond acceptors (Lipinski definition) is 3. The molecule has 0 aliphatic rings. The third kappa shape index (κ3) is 4.48. The van der Waals surface area contributed by atoms with Crippen molar-refractivity contribution >= 4 is 17.2 Å². The van der Waals surface area contributed by atoms with Gasteiger partial charge in [-0.1, -0.05) is 39.8 Å². The van der Waals surface area contributed by atoms with Gasteiger partial charge >= 0.3 is 0 Å². The van der Waals surface area contributed by atoms with E-state index in [9.17, 15) is 0 Å². The number of nitrogens with zero attached hydrogens (tertiary/aromatic N) is 1. The van der Waals surface area contributed by atoms with Gasteiger partial charge in [-0.05, 0) is 35.6 Å². The first-order chi connectivity index (χ1) is 9.99. The molecular formula is C18H25N3. The molecule has 2 aromatic rings. The van der Waals surface area contributed by atoms with Gasteiger partial charge in [-0.3, -0.25) is 0 Å². The zero-order valence-corrected chi connectivity index (χ0v) is 13.4. The Labute approximate surface area is 127 Å². The van der Waals surface area contributed by atoms with Crippen LogP contribution in [0.15, 0.2) is 42.6 Å². The lowest BCUT2D eigenvalue weighted by molar-refractivity contribution is 0.590. The second-order valence-electron chi connectivity index (χ2n) is 6.31. The molecule has 2 rings (SSSR count). The van der Waals surface area contributed by atoms with Crippen LogP contribution in [0.3, 0.4) is 0 Å². The highest BCUT2D eigenvalue weighted by Gasteiger charge is 2.12. The van der Waals surface area contributed by atoms with Crippen molar-refractivity contribution in [1.29, 1.82) is 0 Å². The predicted molar refractivity (Wildman–Crippen MR) is 91.4 cm³/mol. The lowest BCUT2D eigenvalue weighted by Gasteiger charge is -2.19. The Bertz CT molecular complexity index is 568. The van der Waals surface area contributed by atoms with Crippen LogP contribution in [-0.2, 0) is 5.41 Å². The molecule has 0 bridgehead atoms. The number of hydrogen-bond donors (Lipinski definition) is 2. The smallest absolute Gasteiger partial charge is 0.127 e. The summed E-state index contributed by atoms with van der Waals surface area (Å²) < 4.78 is 0. The molecule has 2 N–H and O–H groups in total. The predicted octanol–water partition coefficient (Wildman–Crippen LogP) is 4.94. The Morgan fingerprint density at radius 1 is 1.00 bits per heavy atom. The minimum absolute atomic E-state index is 0.187. The van der Waals surface area contributed by atoms with E-state index < -0.39 is 0 Å². The summed E-state index contributed by atoms with van der Waals surface area (Å²) in [5.74, 6) is 0.910. The van der Waals surface area contributed by atoms with Gasteiger partial charge in [0.15, 0.2) is 0 Å². The van der Waals surface area contributed by atoms with Gasteiger partial charge in [0.1, 0.15) is 5.82 Å². The van der Waals surface area contributed by atoms with E-state index >= 15 is 0 Å². The number of rotatable bonds is 5. The Morgan fingerprint density at radius 2 is 1.71 bits per heavy atom. The summed E-state index contributed by atoms with van der Waals surface area (Å²) in [6.45, 7) is 9.76. The summed E-state index contributed by atoms with van der Waals surface area (Å²) in [5.41, 5.74) is 3.67. The van der Waals surface area contributed by atoms with Crippen LogP contribution in [0.25, 0.3) is 0 Å². The largest absolute Gasteiger partial charge is 0.370 e. The summed E-state index contributed by atoms with van der Waals surface area (Å²) in [5, 5.41) is 6.72. The molecule has 0 radical (unpaired) electrons. The molecular weight excluding hydrogens is 258 g/mol. The van der Waals surface area contributed by atoms with E-state index in [1.807, 2.05) is 18.3 Å². The number of pyridine rings is 1. The molecule has 112 valence electrons. The number of benzene rings is 1. The molecule has 0 aliphatic carbocycles. The first-order valence-electron chi connectivity index (χ1n) is 7.56. The maximum absolute atomic E-state index is 4.31. The Hall–Kier alpha value is -2.03. The molecule has 0 saturated heterocycles. The second-order valence-corrected chi connectivity index (χ2v) is 6.31. The van der Waals surface area contributed by atoms with Crippen molar-refractivity contribution in [1.82, 2.24) is 4.98 Å². The monoisotopic (exact) mass is 283 g/mol. The van der Waals surface area contributed by atoms with Crippen molar-refractivity contribution in [3.05, 3.63) is 48.2 Å². The molecule has 0 unspecified atom stereocenters. The maximum atomic E-state index is 4.31. The van der Waals surface area contributed by atoms with Crippen molar-refractivity contribution in [3.8, 4) is 0 Å². The summed E-state index contributed by atoms with van der Waals surface area (Å²) in [4.78, 5) is 4.31. The van der Waals surface area contributed by atoms with Gasteiger partial charge in [-0.2, -0.15) is 0 Å². The standard InChI is InChI=1S/C18H25N3/c1-5-11-19-17-13-16(10-12-20-17)21-15-8-6-14(7-9-15)18(2,3)4/h6-10,12-13H,5,11H2,1-4H3,(H2,19,20,21). The van der Waals surface area contributed by atoms with Crippen LogP contribution in [0.2, 0.25) is 0 Å². The van der Waals surface area contributed by atoms with Crippen molar-refractivity contribution < 1.29 is 0 Å². The van der Waals surface area contributed by atoms with Crippen LogP contribution in [0.5, 0.6) is 0 Å². The fraction of sp³-hybridized carbons (Fsp3) is 0.389. The zero-order valence-electron chi connectivity index (χ0n) is 13.4. The number of anilines is 3.